The van der Waals surface area contributed by atoms with Crippen molar-refractivity contribution >= 4 is 21.4 Å². The highest BCUT2D eigenvalue weighted by Crippen LogP contribution is 2.61. The molecule has 2 atom stereocenters. The van der Waals surface area contributed by atoms with Crippen LogP contribution in [0.3, 0.4) is 0 Å². The molecule has 1 saturated carbocycles. The minimum atomic E-state index is -4.72. The number of nitrogens with zero attached hydrogens (tertiary/aromatic N) is 4. The van der Waals surface area contributed by atoms with E-state index in [-0.39, 0.29) is 41.2 Å². The molecule has 0 radical (unpaired) electrons. The first-order chi connectivity index (χ1) is 17.9. The summed E-state index contributed by atoms with van der Waals surface area (Å²) in [5, 5.41) is 3.99. The van der Waals surface area contributed by atoms with E-state index in [0.717, 1.165) is 43.1 Å². The van der Waals surface area contributed by atoms with Crippen molar-refractivity contribution < 1.29 is 30.8 Å². The quantitative estimate of drug-likeness (QED) is 0.452. The minimum Gasteiger partial charge on any atom is -0.330 e. The number of carbonyl (C=O) groups excluding carboxylic acids is 1. The van der Waals surface area contributed by atoms with Gasteiger partial charge < -0.3 is 4.90 Å². The number of fused-ring (bicyclic) bond motifs is 4. The van der Waals surface area contributed by atoms with Gasteiger partial charge in [-0.1, -0.05) is 24.3 Å². The molecule has 12 heteroatoms. The number of benzene rings is 1. The van der Waals surface area contributed by atoms with E-state index in [2.05, 4.69) is 10.1 Å². The van der Waals surface area contributed by atoms with Crippen LogP contribution in [0.1, 0.15) is 66.4 Å². The van der Waals surface area contributed by atoms with Crippen molar-refractivity contribution in [1.82, 2.24) is 19.5 Å². The lowest BCUT2D eigenvalue weighted by Gasteiger charge is -2.34. The molecule has 1 amide bonds. The van der Waals surface area contributed by atoms with E-state index < -0.39 is 39.8 Å². The number of hydrogen-bond donors (Lipinski definition) is 0. The molecule has 2 aromatic heterocycles. The molecule has 0 N–H and O–H groups in total. The van der Waals surface area contributed by atoms with E-state index in [4.69, 9.17) is 0 Å². The number of alkyl halides is 3. The van der Waals surface area contributed by atoms with Crippen LogP contribution >= 0.6 is 0 Å². The van der Waals surface area contributed by atoms with Crippen molar-refractivity contribution in [2.75, 3.05) is 18.6 Å². The maximum atomic E-state index is 14.2. The summed E-state index contributed by atoms with van der Waals surface area (Å²) in [6.07, 6.45) is -0.340. The number of aromatic nitrogens is 3. The molecular weight excluding hydrogens is 524 g/mol. The molecule has 0 unspecified atom stereocenters. The Hall–Kier alpha value is -3.02. The van der Waals surface area contributed by atoms with Crippen molar-refractivity contribution in [2.45, 2.75) is 55.7 Å². The zero-order chi connectivity index (χ0) is 27.0. The Morgan fingerprint density at radius 3 is 2.42 bits per heavy atom. The average Bonchev–Trinajstić information content (AvgIpc) is 3.40. The highest BCUT2D eigenvalue weighted by atomic mass is 32.2. The molecule has 202 valence electrons. The third-order valence-electron chi connectivity index (χ3n) is 8.41. The van der Waals surface area contributed by atoms with E-state index in [1.54, 1.807) is 22.8 Å². The molecule has 1 aromatic carbocycles. The van der Waals surface area contributed by atoms with Crippen LogP contribution < -0.4 is 0 Å². The lowest BCUT2D eigenvalue weighted by Crippen LogP contribution is -2.44. The predicted octanol–water partition coefficient (Wildman–Crippen LogP) is 4.32. The molecule has 1 spiro atoms. The molecule has 0 bridgehead atoms. The van der Waals surface area contributed by atoms with Gasteiger partial charge in [0, 0.05) is 42.1 Å². The van der Waals surface area contributed by atoms with Crippen LogP contribution in [-0.2, 0) is 20.0 Å². The third kappa shape index (κ3) is 4.17. The molecule has 3 heterocycles. The Kier molecular flexibility index (Phi) is 5.65. The fraction of sp³-hybridized carbons (Fsp3) is 0.500. The van der Waals surface area contributed by atoms with Gasteiger partial charge in [-0.2, -0.15) is 17.6 Å². The van der Waals surface area contributed by atoms with Crippen LogP contribution in [0.2, 0.25) is 0 Å². The Morgan fingerprint density at radius 1 is 1.16 bits per heavy atom. The second-order valence-corrected chi connectivity index (χ2v) is 13.1. The van der Waals surface area contributed by atoms with E-state index in [1.807, 2.05) is 0 Å². The lowest BCUT2D eigenvalue weighted by molar-refractivity contribution is -0.190. The van der Waals surface area contributed by atoms with Gasteiger partial charge >= 0.3 is 6.18 Å². The monoisotopic (exact) mass is 550 g/mol. The Balaban J connectivity index is 1.28. The van der Waals surface area contributed by atoms with Crippen LogP contribution in [-0.4, -0.2) is 58.6 Å². The second kappa shape index (κ2) is 8.49. The van der Waals surface area contributed by atoms with Crippen LogP contribution in [0.5, 0.6) is 0 Å². The first kappa shape index (κ1) is 25.3. The van der Waals surface area contributed by atoms with Gasteiger partial charge in [0.25, 0.3) is 0 Å². The van der Waals surface area contributed by atoms with E-state index in [1.165, 1.54) is 18.2 Å². The van der Waals surface area contributed by atoms with Gasteiger partial charge in [-0.25, -0.2) is 17.9 Å². The minimum absolute atomic E-state index is 0.0271. The summed E-state index contributed by atoms with van der Waals surface area (Å²) < 4.78 is 81.5. The van der Waals surface area contributed by atoms with Crippen LogP contribution in [0.15, 0.2) is 36.5 Å². The van der Waals surface area contributed by atoms with Gasteiger partial charge in [-0.15, -0.1) is 5.10 Å². The zero-order valence-electron chi connectivity index (χ0n) is 20.6. The number of carbonyl (C=O) groups is 1. The molecule has 3 aromatic rings. The largest absolute Gasteiger partial charge is 0.413 e. The molecule has 38 heavy (non-hydrogen) atoms. The Labute approximate surface area is 216 Å². The molecule has 6 rings (SSSR count). The van der Waals surface area contributed by atoms with E-state index in [0.29, 0.717) is 10.5 Å². The normalized spacial score (nSPS) is 22.9. The number of halogens is 4. The topological polar surface area (TPSA) is 84.6 Å². The molecule has 2 aliphatic carbocycles. The second-order valence-electron chi connectivity index (χ2n) is 10.8. The fourth-order valence-electron chi connectivity index (χ4n) is 6.29. The van der Waals surface area contributed by atoms with Crippen molar-refractivity contribution in [3.8, 4) is 0 Å². The summed E-state index contributed by atoms with van der Waals surface area (Å²) in [5.74, 6) is -2.57. The van der Waals surface area contributed by atoms with E-state index >= 15 is 0 Å². The summed E-state index contributed by atoms with van der Waals surface area (Å²) in [7, 11) is -2.12. The van der Waals surface area contributed by atoms with Crippen molar-refractivity contribution in [1.29, 1.82) is 0 Å². The smallest absolute Gasteiger partial charge is 0.330 e. The third-order valence-corrected chi connectivity index (χ3v) is 10.1. The SMILES string of the molecule is CN(C(=O)C1CCS(=O)(=O)CC1)[C@@H](c1ccc([C@@H]2CC3(CC3)c3c2cnc2cc(F)nn32)cc1)C(F)(F)F. The van der Waals surface area contributed by atoms with Crippen molar-refractivity contribution in [2.24, 2.45) is 5.92 Å². The van der Waals surface area contributed by atoms with Crippen molar-refractivity contribution in [3.63, 3.8) is 0 Å². The predicted molar refractivity (Wildman–Crippen MR) is 130 cm³/mol. The highest BCUT2D eigenvalue weighted by Gasteiger charge is 2.55. The number of amides is 1. The molecule has 1 aliphatic heterocycles. The van der Waals surface area contributed by atoms with Crippen LogP contribution in [0.25, 0.3) is 5.65 Å². The molecule has 7 nitrogen and oxygen atoms in total. The van der Waals surface area contributed by atoms with Gasteiger partial charge in [0.15, 0.2) is 11.7 Å². The Morgan fingerprint density at radius 2 is 1.82 bits per heavy atom. The van der Waals surface area contributed by atoms with Gasteiger partial charge in [0.1, 0.15) is 9.84 Å². The lowest BCUT2D eigenvalue weighted by atomic mass is 9.90. The first-order valence-corrected chi connectivity index (χ1v) is 14.4. The van der Waals surface area contributed by atoms with Gasteiger partial charge in [-0.3, -0.25) is 4.79 Å². The summed E-state index contributed by atoms with van der Waals surface area (Å²) in [6.45, 7) is 0. The maximum absolute atomic E-state index is 14.2. The Bertz CT molecular complexity index is 1520. The average molecular weight is 551 g/mol. The standard InChI is InChI=1S/C26H26F4N4O3S/c1-33(24(35)17-6-10-38(36,37)11-7-17)22(26(28,29)30)16-4-2-15(3-5-16)18-13-25(8-9-25)23-19(18)14-31-21-12-20(27)32-34(21)23/h2-5,12,14,17-18,22H,6-11,13H2,1H3/t18-,22-/m0/s1. The zero-order valence-corrected chi connectivity index (χ0v) is 21.4. The number of rotatable bonds is 4. The van der Waals surface area contributed by atoms with Gasteiger partial charge in [0.2, 0.25) is 11.9 Å². The number of sulfone groups is 1. The summed E-state index contributed by atoms with van der Waals surface area (Å²) in [5.41, 5.74) is 2.88. The number of hydrogen-bond acceptors (Lipinski definition) is 5. The molecule has 2 fully saturated rings. The highest BCUT2D eigenvalue weighted by molar-refractivity contribution is 7.91. The van der Waals surface area contributed by atoms with E-state index in [9.17, 15) is 30.8 Å². The summed E-state index contributed by atoms with van der Waals surface area (Å²) >= 11 is 0. The molecule has 1 saturated heterocycles. The van der Waals surface area contributed by atoms with Gasteiger partial charge in [0.05, 0.1) is 17.2 Å². The summed E-state index contributed by atoms with van der Waals surface area (Å²) in [6, 6.07) is 5.24. The molecular formula is C26H26F4N4O3S. The van der Waals surface area contributed by atoms with Crippen molar-refractivity contribution in [3.05, 3.63) is 64.9 Å². The van der Waals surface area contributed by atoms with Crippen LogP contribution in [0, 0.1) is 11.9 Å². The molecule has 3 aliphatic rings. The maximum Gasteiger partial charge on any atom is 0.413 e. The summed E-state index contributed by atoms with van der Waals surface area (Å²) in [4.78, 5) is 18.0. The van der Waals surface area contributed by atoms with Crippen LogP contribution in [0.4, 0.5) is 17.6 Å². The fourth-order valence-corrected chi connectivity index (χ4v) is 7.78. The van der Waals surface area contributed by atoms with Gasteiger partial charge in [-0.05, 0) is 43.2 Å². The first-order valence-electron chi connectivity index (χ1n) is 12.6.